The highest BCUT2D eigenvalue weighted by atomic mass is 35.5. The number of esters is 1. The minimum absolute atomic E-state index is 0. The molecule has 0 atom stereocenters. The first kappa shape index (κ1) is 18.3. The maximum atomic E-state index is 11.4. The molecule has 0 saturated heterocycles. The minimum Gasteiger partial charge on any atom is -0.465 e. The Kier molecular flexibility index (Phi) is 6.21. The van der Waals surface area contributed by atoms with Gasteiger partial charge in [-0.1, -0.05) is 12.1 Å². The monoisotopic (exact) mass is 323 g/mol. The third-order valence-electron chi connectivity index (χ3n) is 3.05. The van der Waals surface area contributed by atoms with Crippen molar-refractivity contribution < 1.29 is 13.9 Å². The zero-order valence-electron chi connectivity index (χ0n) is 13.3. The predicted octanol–water partition coefficient (Wildman–Crippen LogP) is 4.04. The number of benzene rings is 1. The molecule has 0 aliphatic heterocycles. The van der Waals surface area contributed by atoms with Crippen molar-refractivity contribution in [3.63, 3.8) is 0 Å². The number of hydrogen-bond donors (Lipinski definition) is 1. The van der Waals surface area contributed by atoms with Crippen molar-refractivity contribution in [1.82, 2.24) is 5.32 Å². The molecule has 1 heterocycles. The average molecular weight is 324 g/mol. The summed E-state index contributed by atoms with van der Waals surface area (Å²) in [5, 5.41) is 3.38. The topological polar surface area (TPSA) is 51.5 Å². The van der Waals surface area contributed by atoms with Crippen LogP contribution in [-0.2, 0) is 11.3 Å². The molecule has 0 bridgehead atoms. The molecular formula is C17H22ClNO3. The first-order chi connectivity index (χ1) is 9.89. The van der Waals surface area contributed by atoms with E-state index in [0.29, 0.717) is 12.1 Å². The van der Waals surface area contributed by atoms with Gasteiger partial charge in [-0.3, -0.25) is 0 Å². The Morgan fingerprint density at radius 2 is 1.77 bits per heavy atom. The first-order valence-electron chi connectivity index (χ1n) is 6.91. The van der Waals surface area contributed by atoms with Gasteiger partial charge >= 0.3 is 5.97 Å². The van der Waals surface area contributed by atoms with Gasteiger partial charge in [-0.15, -0.1) is 12.4 Å². The van der Waals surface area contributed by atoms with Crippen LogP contribution in [0.15, 0.2) is 40.8 Å². The van der Waals surface area contributed by atoms with Crippen LogP contribution in [0.4, 0.5) is 0 Å². The van der Waals surface area contributed by atoms with Gasteiger partial charge in [-0.25, -0.2) is 4.79 Å². The Hall–Kier alpha value is -1.78. The molecule has 0 spiro atoms. The summed E-state index contributed by atoms with van der Waals surface area (Å²) in [6.45, 7) is 7.02. The minimum atomic E-state index is -0.337. The van der Waals surface area contributed by atoms with Crippen LogP contribution in [0.25, 0.3) is 11.3 Å². The molecule has 0 aliphatic carbocycles. The van der Waals surface area contributed by atoms with E-state index in [-0.39, 0.29) is 23.9 Å². The molecule has 0 amide bonds. The van der Waals surface area contributed by atoms with Crippen LogP contribution >= 0.6 is 12.4 Å². The van der Waals surface area contributed by atoms with Gasteiger partial charge in [0.2, 0.25) is 0 Å². The number of carbonyl (C=O) groups excluding carboxylic acids is 1. The second kappa shape index (κ2) is 7.47. The van der Waals surface area contributed by atoms with Gasteiger partial charge in [0, 0.05) is 11.1 Å². The second-order valence-electron chi connectivity index (χ2n) is 5.94. The highest BCUT2D eigenvalue weighted by Crippen LogP contribution is 2.23. The molecule has 0 saturated carbocycles. The van der Waals surface area contributed by atoms with Crippen molar-refractivity contribution in [3.05, 3.63) is 47.7 Å². The summed E-state index contributed by atoms with van der Waals surface area (Å²) in [7, 11) is 1.37. The molecule has 4 nitrogen and oxygen atoms in total. The molecule has 5 heteroatoms. The molecule has 0 aliphatic rings. The van der Waals surface area contributed by atoms with Crippen LogP contribution in [0.2, 0.25) is 0 Å². The maximum Gasteiger partial charge on any atom is 0.337 e. The predicted molar refractivity (Wildman–Crippen MR) is 89.3 cm³/mol. The lowest BCUT2D eigenvalue weighted by Crippen LogP contribution is -2.34. The van der Waals surface area contributed by atoms with E-state index in [0.717, 1.165) is 17.1 Å². The number of furan rings is 1. The summed E-state index contributed by atoms with van der Waals surface area (Å²) in [6.07, 6.45) is 0. The zero-order chi connectivity index (χ0) is 15.5. The van der Waals surface area contributed by atoms with Crippen LogP contribution in [0, 0.1) is 0 Å². The van der Waals surface area contributed by atoms with E-state index >= 15 is 0 Å². The Bertz CT molecular complexity index is 612. The fourth-order valence-corrected chi connectivity index (χ4v) is 1.87. The van der Waals surface area contributed by atoms with Gasteiger partial charge in [-0.2, -0.15) is 0 Å². The fourth-order valence-electron chi connectivity index (χ4n) is 1.87. The van der Waals surface area contributed by atoms with Gasteiger partial charge < -0.3 is 14.5 Å². The number of rotatable bonds is 4. The normalized spacial score (nSPS) is 10.9. The number of ether oxygens (including phenoxy) is 1. The van der Waals surface area contributed by atoms with E-state index in [1.54, 1.807) is 12.1 Å². The molecule has 1 aromatic carbocycles. The number of carbonyl (C=O) groups is 1. The number of methoxy groups -OCH3 is 1. The van der Waals surface area contributed by atoms with E-state index < -0.39 is 0 Å². The van der Waals surface area contributed by atoms with E-state index in [1.165, 1.54) is 7.11 Å². The van der Waals surface area contributed by atoms with E-state index in [9.17, 15) is 4.79 Å². The summed E-state index contributed by atoms with van der Waals surface area (Å²) < 4.78 is 10.5. The molecule has 120 valence electrons. The SMILES string of the molecule is COC(=O)c1ccc(-c2ccc(CNC(C)(C)C)o2)cc1.Cl. The van der Waals surface area contributed by atoms with Crippen molar-refractivity contribution in [2.45, 2.75) is 32.9 Å². The molecule has 22 heavy (non-hydrogen) atoms. The number of nitrogens with one attached hydrogen (secondary N) is 1. The Balaban J connectivity index is 0.00000242. The lowest BCUT2D eigenvalue weighted by Gasteiger charge is -2.19. The largest absolute Gasteiger partial charge is 0.465 e. The van der Waals surface area contributed by atoms with Crippen molar-refractivity contribution in [2.24, 2.45) is 0 Å². The van der Waals surface area contributed by atoms with Crippen LogP contribution in [0.5, 0.6) is 0 Å². The number of hydrogen-bond acceptors (Lipinski definition) is 4. The second-order valence-corrected chi connectivity index (χ2v) is 5.94. The van der Waals surface area contributed by atoms with Crippen molar-refractivity contribution in [3.8, 4) is 11.3 Å². The molecule has 0 unspecified atom stereocenters. The summed E-state index contributed by atoms with van der Waals surface area (Å²) >= 11 is 0. The molecular weight excluding hydrogens is 302 g/mol. The Morgan fingerprint density at radius 3 is 2.32 bits per heavy atom. The van der Waals surface area contributed by atoms with Gasteiger partial charge in [0.1, 0.15) is 11.5 Å². The molecule has 0 radical (unpaired) electrons. The smallest absolute Gasteiger partial charge is 0.337 e. The number of halogens is 1. The van der Waals surface area contributed by atoms with E-state index in [1.807, 2.05) is 24.3 Å². The molecule has 1 aromatic heterocycles. The van der Waals surface area contributed by atoms with Crippen LogP contribution in [-0.4, -0.2) is 18.6 Å². The Morgan fingerprint density at radius 1 is 1.14 bits per heavy atom. The third kappa shape index (κ3) is 4.90. The van der Waals surface area contributed by atoms with E-state index in [2.05, 4.69) is 30.8 Å². The molecule has 2 aromatic rings. The highest BCUT2D eigenvalue weighted by molar-refractivity contribution is 5.89. The standard InChI is InChI=1S/C17H21NO3.ClH/c1-17(2,3)18-11-14-9-10-15(21-14)12-5-7-13(8-6-12)16(19)20-4;/h5-10,18H,11H2,1-4H3;1H. The third-order valence-corrected chi connectivity index (χ3v) is 3.05. The molecule has 0 fully saturated rings. The Labute approximate surface area is 137 Å². The lowest BCUT2D eigenvalue weighted by atomic mass is 10.1. The van der Waals surface area contributed by atoms with Crippen molar-refractivity contribution in [1.29, 1.82) is 0 Å². The average Bonchev–Trinajstić information content (AvgIpc) is 2.93. The van der Waals surface area contributed by atoms with Crippen LogP contribution in [0.3, 0.4) is 0 Å². The highest BCUT2D eigenvalue weighted by Gasteiger charge is 2.11. The van der Waals surface area contributed by atoms with Crippen LogP contribution in [0.1, 0.15) is 36.9 Å². The first-order valence-corrected chi connectivity index (χ1v) is 6.91. The summed E-state index contributed by atoms with van der Waals surface area (Å²) in [6, 6.07) is 11.1. The fraction of sp³-hybridized carbons (Fsp3) is 0.353. The van der Waals surface area contributed by atoms with Gasteiger partial charge in [0.25, 0.3) is 0 Å². The van der Waals surface area contributed by atoms with Crippen LogP contribution < -0.4 is 5.32 Å². The lowest BCUT2D eigenvalue weighted by molar-refractivity contribution is 0.0600. The van der Waals surface area contributed by atoms with Crippen molar-refractivity contribution >= 4 is 18.4 Å². The summed E-state index contributed by atoms with van der Waals surface area (Å²) in [5.41, 5.74) is 1.52. The summed E-state index contributed by atoms with van der Waals surface area (Å²) in [5.74, 6) is 1.34. The van der Waals surface area contributed by atoms with Gasteiger partial charge in [-0.05, 0) is 45.0 Å². The van der Waals surface area contributed by atoms with Crippen molar-refractivity contribution in [2.75, 3.05) is 7.11 Å². The molecule has 1 N–H and O–H groups in total. The van der Waals surface area contributed by atoms with E-state index in [4.69, 9.17) is 4.42 Å². The quantitative estimate of drug-likeness (QED) is 0.863. The summed E-state index contributed by atoms with van der Waals surface area (Å²) in [4.78, 5) is 11.4. The van der Waals surface area contributed by atoms with Gasteiger partial charge in [0.15, 0.2) is 0 Å². The zero-order valence-corrected chi connectivity index (χ0v) is 14.1. The van der Waals surface area contributed by atoms with Gasteiger partial charge in [0.05, 0.1) is 19.2 Å². The molecule has 2 rings (SSSR count). The maximum absolute atomic E-state index is 11.4.